The minimum atomic E-state index is -0.655. The van der Waals surface area contributed by atoms with Crippen molar-refractivity contribution in [2.24, 2.45) is 0 Å². The average molecular weight is 386 g/mol. The van der Waals surface area contributed by atoms with Gasteiger partial charge in [-0.15, -0.1) is 11.8 Å². The van der Waals surface area contributed by atoms with E-state index in [2.05, 4.69) is 10.3 Å². The Morgan fingerprint density at radius 1 is 1.26 bits per heavy atom. The highest BCUT2D eigenvalue weighted by molar-refractivity contribution is 7.99. The molecule has 1 amide bonds. The third-order valence-corrected chi connectivity index (χ3v) is 5.11. The summed E-state index contributed by atoms with van der Waals surface area (Å²) in [5.74, 6) is 0.102. The molecule has 2 heterocycles. The number of carbonyl (C=O) groups excluding carboxylic acids is 2. The Morgan fingerprint density at radius 2 is 2.07 bits per heavy atom. The van der Waals surface area contributed by atoms with E-state index in [0.717, 1.165) is 24.2 Å². The number of benzene rings is 1. The van der Waals surface area contributed by atoms with Gasteiger partial charge in [-0.3, -0.25) is 9.59 Å². The van der Waals surface area contributed by atoms with Crippen LogP contribution in [0.3, 0.4) is 0 Å². The molecule has 1 atom stereocenters. The number of rotatable bonds is 8. The second kappa shape index (κ2) is 9.32. The van der Waals surface area contributed by atoms with Gasteiger partial charge in [0.25, 0.3) is 5.91 Å². The number of hydrogen-bond acceptors (Lipinski definition) is 5. The SMILES string of the molecule is O=C(NCC1OC=CC1=O)c1cccnc1SCCCc1ccc(F)cc1. The lowest BCUT2D eigenvalue weighted by Gasteiger charge is -2.12. The first-order valence-corrected chi connectivity index (χ1v) is 9.58. The Hall–Kier alpha value is -2.67. The first-order valence-electron chi connectivity index (χ1n) is 8.60. The van der Waals surface area contributed by atoms with Crippen molar-refractivity contribution in [3.8, 4) is 0 Å². The van der Waals surface area contributed by atoms with Gasteiger partial charge in [-0.1, -0.05) is 12.1 Å². The zero-order valence-corrected chi connectivity index (χ0v) is 15.4. The van der Waals surface area contributed by atoms with E-state index in [1.807, 2.05) is 0 Å². The molecule has 1 aromatic carbocycles. The molecule has 7 heteroatoms. The molecule has 1 aromatic heterocycles. The van der Waals surface area contributed by atoms with Crippen molar-refractivity contribution in [3.05, 3.63) is 71.9 Å². The molecule has 1 aliphatic rings. The first kappa shape index (κ1) is 19.1. The maximum atomic E-state index is 12.9. The second-order valence-electron chi connectivity index (χ2n) is 5.97. The Labute approximate surface area is 161 Å². The molecule has 0 spiro atoms. The van der Waals surface area contributed by atoms with E-state index in [4.69, 9.17) is 4.74 Å². The van der Waals surface area contributed by atoms with E-state index in [0.29, 0.717) is 10.6 Å². The van der Waals surface area contributed by atoms with Crippen LogP contribution >= 0.6 is 11.8 Å². The number of nitrogens with zero attached hydrogens (tertiary/aromatic N) is 1. The average Bonchev–Trinajstić information content (AvgIpc) is 3.10. The number of halogens is 1. The maximum absolute atomic E-state index is 12.9. The van der Waals surface area contributed by atoms with E-state index in [-0.39, 0.29) is 24.1 Å². The molecule has 5 nitrogen and oxygen atoms in total. The molecule has 2 aromatic rings. The van der Waals surface area contributed by atoms with Crippen molar-refractivity contribution in [2.75, 3.05) is 12.3 Å². The molecule has 1 unspecified atom stereocenters. The summed E-state index contributed by atoms with van der Waals surface area (Å²) < 4.78 is 18.0. The van der Waals surface area contributed by atoms with Gasteiger partial charge in [0.15, 0.2) is 6.10 Å². The van der Waals surface area contributed by atoms with Gasteiger partial charge < -0.3 is 10.1 Å². The standard InChI is InChI=1S/C20H19FN2O3S/c21-15-7-5-14(6-8-15)3-2-12-27-20-16(4-1-10-22-20)19(25)23-13-18-17(24)9-11-26-18/h1,4-11,18H,2-3,12-13H2,(H,23,25). The summed E-state index contributed by atoms with van der Waals surface area (Å²) in [6.07, 6.45) is 5.39. The van der Waals surface area contributed by atoms with Crippen LogP contribution in [-0.4, -0.2) is 35.1 Å². The van der Waals surface area contributed by atoms with Crippen LogP contribution in [0.25, 0.3) is 0 Å². The minimum absolute atomic E-state index is 0.119. The van der Waals surface area contributed by atoms with Crippen molar-refractivity contribution in [2.45, 2.75) is 24.0 Å². The Bertz CT molecular complexity index is 839. The number of hydrogen-bond donors (Lipinski definition) is 1. The lowest BCUT2D eigenvalue weighted by molar-refractivity contribution is -0.120. The lowest BCUT2D eigenvalue weighted by atomic mass is 10.1. The van der Waals surface area contributed by atoms with Crippen LogP contribution in [0.4, 0.5) is 4.39 Å². The van der Waals surface area contributed by atoms with E-state index >= 15 is 0 Å². The molecule has 27 heavy (non-hydrogen) atoms. The van der Waals surface area contributed by atoms with Crippen LogP contribution < -0.4 is 5.32 Å². The molecule has 0 bridgehead atoms. The van der Waals surface area contributed by atoms with Gasteiger partial charge in [-0.25, -0.2) is 9.37 Å². The molecule has 140 valence electrons. The zero-order chi connectivity index (χ0) is 19.1. The van der Waals surface area contributed by atoms with Crippen LogP contribution in [0.15, 0.2) is 60.0 Å². The number of nitrogens with one attached hydrogen (secondary N) is 1. The summed E-state index contributed by atoms with van der Waals surface area (Å²) in [6, 6.07) is 9.88. The third-order valence-electron chi connectivity index (χ3n) is 4.02. The van der Waals surface area contributed by atoms with Crippen LogP contribution in [-0.2, 0) is 16.0 Å². The van der Waals surface area contributed by atoms with Crippen LogP contribution in [0.1, 0.15) is 22.3 Å². The maximum Gasteiger partial charge on any atom is 0.254 e. The molecule has 3 rings (SSSR count). The van der Waals surface area contributed by atoms with Gasteiger partial charge in [0.05, 0.1) is 18.4 Å². The molecular formula is C20H19FN2O3S. The fourth-order valence-corrected chi connectivity index (χ4v) is 3.51. The van der Waals surface area contributed by atoms with Crippen LogP contribution in [0.2, 0.25) is 0 Å². The fourth-order valence-electron chi connectivity index (χ4n) is 2.58. The van der Waals surface area contributed by atoms with Crippen LogP contribution in [0.5, 0.6) is 0 Å². The monoisotopic (exact) mass is 386 g/mol. The fraction of sp³-hybridized carbons (Fsp3) is 0.250. The van der Waals surface area contributed by atoms with Gasteiger partial charge in [0.2, 0.25) is 5.78 Å². The Morgan fingerprint density at radius 3 is 2.81 bits per heavy atom. The first-order chi connectivity index (χ1) is 13.1. The number of aryl methyl sites for hydroxylation is 1. The molecule has 0 saturated carbocycles. The predicted molar refractivity (Wildman–Crippen MR) is 101 cm³/mol. The number of ketones is 1. The smallest absolute Gasteiger partial charge is 0.254 e. The number of ether oxygens (including phenoxy) is 1. The molecule has 0 fully saturated rings. The van der Waals surface area contributed by atoms with E-state index in [1.165, 1.54) is 36.2 Å². The Balaban J connectivity index is 1.49. The van der Waals surface area contributed by atoms with Crippen molar-refractivity contribution in [3.63, 3.8) is 0 Å². The highest BCUT2D eigenvalue weighted by Crippen LogP contribution is 2.21. The van der Waals surface area contributed by atoms with Crippen molar-refractivity contribution in [1.29, 1.82) is 0 Å². The third kappa shape index (κ3) is 5.40. The minimum Gasteiger partial charge on any atom is -0.488 e. The topological polar surface area (TPSA) is 68.3 Å². The van der Waals surface area contributed by atoms with Gasteiger partial charge in [-0.2, -0.15) is 0 Å². The molecule has 0 saturated heterocycles. The van der Waals surface area contributed by atoms with E-state index in [1.54, 1.807) is 30.5 Å². The largest absolute Gasteiger partial charge is 0.488 e. The van der Waals surface area contributed by atoms with Crippen LogP contribution in [0, 0.1) is 5.82 Å². The zero-order valence-electron chi connectivity index (χ0n) is 14.6. The number of carbonyl (C=O) groups is 2. The van der Waals surface area contributed by atoms with E-state index in [9.17, 15) is 14.0 Å². The second-order valence-corrected chi connectivity index (χ2v) is 7.06. The number of thioether (sulfide) groups is 1. The van der Waals surface area contributed by atoms with Crippen molar-refractivity contribution < 1.29 is 18.7 Å². The molecular weight excluding hydrogens is 367 g/mol. The highest BCUT2D eigenvalue weighted by Gasteiger charge is 2.22. The summed E-state index contributed by atoms with van der Waals surface area (Å²) in [5.41, 5.74) is 1.55. The quantitative estimate of drug-likeness (QED) is 0.558. The highest BCUT2D eigenvalue weighted by atomic mass is 32.2. The number of pyridine rings is 1. The van der Waals surface area contributed by atoms with Gasteiger partial charge in [0, 0.05) is 12.3 Å². The molecule has 1 N–H and O–H groups in total. The van der Waals surface area contributed by atoms with Gasteiger partial charge >= 0.3 is 0 Å². The van der Waals surface area contributed by atoms with E-state index < -0.39 is 6.10 Å². The van der Waals surface area contributed by atoms with Crippen molar-refractivity contribution in [1.82, 2.24) is 10.3 Å². The molecule has 1 aliphatic heterocycles. The summed E-state index contributed by atoms with van der Waals surface area (Å²) in [7, 11) is 0. The summed E-state index contributed by atoms with van der Waals surface area (Å²) in [4.78, 5) is 28.2. The lowest BCUT2D eigenvalue weighted by Crippen LogP contribution is -2.35. The summed E-state index contributed by atoms with van der Waals surface area (Å²) in [5, 5.41) is 3.36. The molecule has 0 aliphatic carbocycles. The van der Waals surface area contributed by atoms with Crippen molar-refractivity contribution >= 4 is 23.5 Å². The number of aromatic nitrogens is 1. The normalized spacial score (nSPS) is 15.6. The Kier molecular flexibility index (Phi) is 6.59. The summed E-state index contributed by atoms with van der Waals surface area (Å²) >= 11 is 1.50. The predicted octanol–water partition coefficient (Wildman–Crippen LogP) is 3.16. The molecule has 0 radical (unpaired) electrons. The summed E-state index contributed by atoms with van der Waals surface area (Å²) in [6.45, 7) is 0.119. The van der Waals surface area contributed by atoms with Gasteiger partial charge in [-0.05, 0) is 48.4 Å². The number of amides is 1. The van der Waals surface area contributed by atoms with Gasteiger partial charge in [0.1, 0.15) is 10.8 Å².